The Kier molecular flexibility index (Phi) is 6.48. The average Bonchev–Trinajstić information content (AvgIpc) is 2.58. The minimum atomic E-state index is -0.0902. The molecule has 1 amide bonds. The second-order valence-electron chi connectivity index (χ2n) is 5.49. The quantitative estimate of drug-likeness (QED) is 0.593. The van der Waals surface area contributed by atoms with Crippen molar-refractivity contribution >= 4 is 17.5 Å². The Labute approximate surface area is 136 Å². The molecule has 0 fully saturated rings. The van der Waals surface area contributed by atoms with Gasteiger partial charge in [0.15, 0.2) is 11.6 Å². The molecule has 120 valence electrons. The summed E-state index contributed by atoms with van der Waals surface area (Å²) in [4.78, 5) is 35.3. The van der Waals surface area contributed by atoms with Gasteiger partial charge < -0.3 is 5.32 Å². The van der Waals surface area contributed by atoms with Crippen LogP contribution in [-0.4, -0.2) is 24.0 Å². The Bertz CT molecular complexity index is 629. The number of benzene rings is 1. The first-order chi connectivity index (χ1) is 11.2. The number of rotatable bonds is 8. The number of carbonyl (C=O) groups excluding carboxylic acids is 3. The minimum Gasteiger partial charge on any atom is -0.352 e. The molecule has 1 aliphatic rings. The smallest absolute Gasteiger partial charge is 0.251 e. The van der Waals surface area contributed by atoms with Crippen LogP contribution in [0.2, 0.25) is 0 Å². The summed E-state index contributed by atoms with van der Waals surface area (Å²) in [6, 6.07) is 9.08. The van der Waals surface area contributed by atoms with Gasteiger partial charge in [0.2, 0.25) is 0 Å². The zero-order valence-corrected chi connectivity index (χ0v) is 13.1. The molecule has 1 aromatic carbocycles. The van der Waals surface area contributed by atoms with Gasteiger partial charge in [-0.2, -0.15) is 0 Å². The molecular weight excluding hydrogens is 290 g/mol. The number of ketones is 2. The van der Waals surface area contributed by atoms with Crippen molar-refractivity contribution in [3.05, 3.63) is 59.7 Å². The van der Waals surface area contributed by atoms with E-state index in [0.29, 0.717) is 30.5 Å². The second-order valence-corrected chi connectivity index (χ2v) is 5.49. The highest BCUT2D eigenvalue weighted by Crippen LogP contribution is 2.13. The summed E-state index contributed by atoms with van der Waals surface area (Å²) in [5.74, 6) is -0.244. The molecule has 0 aromatic heterocycles. The summed E-state index contributed by atoms with van der Waals surface area (Å²) in [6.07, 6.45) is 8.23. The van der Waals surface area contributed by atoms with Crippen LogP contribution in [0.15, 0.2) is 54.1 Å². The zero-order chi connectivity index (χ0) is 16.5. The fourth-order valence-corrected chi connectivity index (χ4v) is 2.41. The summed E-state index contributed by atoms with van der Waals surface area (Å²) in [7, 11) is 0. The van der Waals surface area contributed by atoms with Crippen molar-refractivity contribution in [3.63, 3.8) is 0 Å². The normalized spacial score (nSPS) is 13.6. The number of amides is 1. The molecule has 0 atom stereocenters. The summed E-state index contributed by atoms with van der Waals surface area (Å²) in [6.45, 7) is 0.590. The van der Waals surface area contributed by atoms with E-state index in [1.54, 1.807) is 30.4 Å². The van der Waals surface area contributed by atoms with Crippen molar-refractivity contribution < 1.29 is 14.4 Å². The Balaban J connectivity index is 1.60. The van der Waals surface area contributed by atoms with E-state index in [4.69, 9.17) is 0 Å². The lowest BCUT2D eigenvalue weighted by molar-refractivity contribution is -0.121. The lowest BCUT2D eigenvalue weighted by atomic mass is 9.96. The first-order valence-corrected chi connectivity index (χ1v) is 7.95. The molecule has 0 radical (unpaired) electrons. The van der Waals surface area contributed by atoms with Crippen LogP contribution in [0.1, 0.15) is 42.5 Å². The molecule has 0 saturated heterocycles. The van der Waals surface area contributed by atoms with Crippen molar-refractivity contribution in [1.29, 1.82) is 0 Å². The average molecular weight is 311 g/mol. The number of unbranched alkanes of at least 4 members (excludes halogenated alkanes) is 2. The monoisotopic (exact) mass is 311 g/mol. The predicted molar refractivity (Wildman–Crippen MR) is 89.1 cm³/mol. The van der Waals surface area contributed by atoms with Gasteiger partial charge in [0.25, 0.3) is 5.91 Å². The Morgan fingerprint density at radius 2 is 1.83 bits per heavy atom. The lowest BCUT2D eigenvalue weighted by Gasteiger charge is -2.07. The largest absolute Gasteiger partial charge is 0.352 e. The van der Waals surface area contributed by atoms with Crippen molar-refractivity contribution in [1.82, 2.24) is 5.32 Å². The third-order valence-electron chi connectivity index (χ3n) is 3.71. The van der Waals surface area contributed by atoms with E-state index >= 15 is 0 Å². The summed E-state index contributed by atoms with van der Waals surface area (Å²) in [5, 5.41) is 2.86. The van der Waals surface area contributed by atoms with Crippen LogP contribution in [0.3, 0.4) is 0 Å². The Hall–Kier alpha value is -2.49. The molecule has 4 heteroatoms. The molecule has 0 aliphatic heterocycles. The maximum atomic E-state index is 11.9. The zero-order valence-electron chi connectivity index (χ0n) is 13.1. The molecule has 0 unspecified atom stereocenters. The lowest BCUT2D eigenvalue weighted by Crippen LogP contribution is -2.24. The Morgan fingerprint density at radius 1 is 1.04 bits per heavy atom. The molecule has 1 N–H and O–H groups in total. The molecule has 23 heavy (non-hydrogen) atoms. The molecule has 4 nitrogen and oxygen atoms in total. The van der Waals surface area contributed by atoms with Crippen molar-refractivity contribution in [2.45, 2.75) is 32.1 Å². The van der Waals surface area contributed by atoms with Crippen LogP contribution in [0.5, 0.6) is 0 Å². The third kappa shape index (κ3) is 5.33. The number of hydrogen-bond donors (Lipinski definition) is 1. The van der Waals surface area contributed by atoms with Crippen molar-refractivity contribution in [3.8, 4) is 0 Å². The van der Waals surface area contributed by atoms with Gasteiger partial charge in [-0.15, -0.1) is 0 Å². The van der Waals surface area contributed by atoms with Gasteiger partial charge in [-0.25, -0.2) is 0 Å². The molecule has 2 rings (SSSR count). The summed E-state index contributed by atoms with van der Waals surface area (Å²) in [5.41, 5.74) is 0.975. The van der Waals surface area contributed by atoms with Gasteiger partial charge in [0.05, 0.1) is 5.57 Å². The first-order valence-electron chi connectivity index (χ1n) is 7.95. The summed E-state index contributed by atoms with van der Waals surface area (Å²) < 4.78 is 0. The van der Waals surface area contributed by atoms with Gasteiger partial charge >= 0.3 is 0 Å². The minimum absolute atomic E-state index is 0.0762. The van der Waals surface area contributed by atoms with Crippen molar-refractivity contribution in [2.24, 2.45) is 0 Å². The molecule has 0 bridgehead atoms. The van der Waals surface area contributed by atoms with E-state index in [0.717, 1.165) is 19.3 Å². The van der Waals surface area contributed by atoms with Crippen molar-refractivity contribution in [2.75, 3.05) is 6.54 Å². The van der Waals surface area contributed by atoms with E-state index in [1.807, 2.05) is 18.2 Å². The highest BCUT2D eigenvalue weighted by molar-refractivity contribution is 6.21. The van der Waals surface area contributed by atoms with E-state index in [2.05, 4.69) is 5.32 Å². The van der Waals surface area contributed by atoms with Gasteiger partial charge in [-0.05, 0) is 31.1 Å². The highest BCUT2D eigenvalue weighted by atomic mass is 16.2. The first kappa shape index (κ1) is 16.9. The van der Waals surface area contributed by atoms with Crippen LogP contribution < -0.4 is 5.32 Å². The van der Waals surface area contributed by atoms with Crippen LogP contribution in [0.25, 0.3) is 0 Å². The standard InChI is InChI=1S/C19H21NO3/c21-17(16-11-6-7-13-18(16)22)12-5-2-8-14-20-19(23)15-9-3-1-4-10-15/h1,3-4,6-7,9-11H,2,5,8,12-14H2,(H,20,23). The molecule has 0 spiro atoms. The fourth-order valence-electron chi connectivity index (χ4n) is 2.41. The van der Waals surface area contributed by atoms with Gasteiger partial charge in [0.1, 0.15) is 0 Å². The fraction of sp³-hybridized carbons (Fsp3) is 0.316. The SMILES string of the molecule is O=C1CC=CC=C1C(=O)CCCCCNC(=O)c1ccccc1. The molecule has 0 heterocycles. The summed E-state index contributed by atoms with van der Waals surface area (Å²) >= 11 is 0. The second kappa shape index (κ2) is 8.83. The topological polar surface area (TPSA) is 63.2 Å². The molecule has 1 aliphatic carbocycles. The highest BCUT2D eigenvalue weighted by Gasteiger charge is 2.17. The third-order valence-corrected chi connectivity index (χ3v) is 3.71. The number of carbonyl (C=O) groups is 3. The number of Topliss-reactive ketones (excluding diaryl/α,β-unsaturated/α-hetero) is 2. The Morgan fingerprint density at radius 3 is 2.57 bits per heavy atom. The maximum Gasteiger partial charge on any atom is 0.251 e. The van der Waals surface area contributed by atoms with Crippen LogP contribution in [0, 0.1) is 0 Å². The maximum absolute atomic E-state index is 11.9. The van der Waals surface area contributed by atoms with Crippen LogP contribution in [0.4, 0.5) is 0 Å². The van der Waals surface area contributed by atoms with Gasteiger partial charge in [0, 0.05) is 24.9 Å². The number of nitrogens with one attached hydrogen (secondary N) is 1. The molecular formula is C19H21NO3. The number of hydrogen-bond acceptors (Lipinski definition) is 3. The van der Waals surface area contributed by atoms with Gasteiger partial charge in [-0.1, -0.05) is 36.8 Å². The van der Waals surface area contributed by atoms with Crippen LogP contribution >= 0.6 is 0 Å². The van der Waals surface area contributed by atoms with E-state index in [9.17, 15) is 14.4 Å². The van der Waals surface area contributed by atoms with E-state index in [1.165, 1.54) is 0 Å². The van der Waals surface area contributed by atoms with Crippen LogP contribution in [-0.2, 0) is 9.59 Å². The number of allylic oxidation sites excluding steroid dienone is 4. The molecule has 0 saturated carbocycles. The predicted octanol–water partition coefficient (Wildman–Crippen LogP) is 3.00. The van der Waals surface area contributed by atoms with E-state index < -0.39 is 0 Å². The van der Waals surface area contributed by atoms with E-state index in [-0.39, 0.29) is 17.5 Å². The van der Waals surface area contributed by atoms with Gasteiger partial charge in [-0.3, -0.25) is 14.4 Å². The molecule has 1 aromatic rings.